The van der Waals surface area contributed by atoms with Crippen molar-refractivity contribution in [1.82, 2.24) is 14.8 Å². The Bertz CT molecular complexity index is 1480. The van der Waals surface area contributed by atoms with Gasteiger partial charge in [-0.25, -0.2) is 9.18 Å². The van der Waals surface area contributed by atoms with Crippen LogP contribution in [0.25, 0.3) is 11.1 Å². The zero-order valence-electron chi connectivity index (χ0n) is 22.1. The summed E-state index contributed by atoms with van der Waals surface area (Å²) in [7, 11) is 0. The summed E-state index contributed by atoms with van der Waals surface area (Å²) in [5, 5.41) is 0. The smallest absolute Gasteiger partial charge is 0.339 e. The van der Waals surface area contributed by atoms with Gasteiger partial charge in [0.25, 0.3) is 5.91 Å². The predicted molar refractivity (Wildman–Crippen MR) is 143 cm³/mol. The fraction of sp³-hybridized carbons (Fsp3) is 0.355. The van der Waals surface area contributed by atoms with E-state index in [0.29, 0.717) is 66.8 Å². The number of benzene rings is 2. The number of pyridine rings is 1. The van der Waals surface area contributed by atoms with E-state index in [4.69, 9.17) is 4.74 Å². The molecule has 8 heteroatoms. The number of hydrogen-bond acceptors (Lipinski definition) is 5. The molecule has 200 valence electrons. The summed E-state index contributed by atoms with van der Waals surface area (Å²) >= 11 is 0. The molecule has 6 rings (SSSR count). The summed E-state index contributed by atoms with van der Waals surface area (Å²) in [5.74, 6) is -1.05. The molecule has 2 amide bonds. The summed E-state index contributed by atoms with van der Waals surface area (Å²) in [6.07, 6.45) is 3.25. The number of ether oxygens (including phenoxy) is 1. The molecule has 0 radical (unpaired) electrons. The van der Waals surface area contributed by atoms with Crippen LogP contribution in [0.2, 0.25) is 0 Å². The summed E-state index contributed by atoms with van der Waals surface area (Å²) in [6, 6.07) is 15.7. The molecule has 2 fully saturated rings. The fourth-order valence-electron chi connectivity index (χ4n) is 6.08. The number of esters is 1. The second kappa shape index (κ2) is 9.29. The average Bonchev–Trinajstić information content (AvgIpc) is 3.58. The van der Waals surface area contributed by atoms with Gasteiger partial charge in [-0.15, -0.1) is 0 Å². The highest BCUT2D eigenvalue weighted by molar-refractivity contribution is 5.96. The van der Waals surface area contributed by atoms with Crippen molar-refractivity contribution in [3.05, 3.63) is 89.0 Å². The molecule has 1 aliphatic carbocycles. The first-order chi connectivity index (χ1) is 18.8. The molecule has 1 spiro atoms. The van der Waals surface area contributed by atoms with Crippen LogP contribution in [0.15, 0.2) is 60.8 Å². The van der Waals surface area contributed by atoms with E-state index < -0.39 is 16.8 Å². The Labute approximate surface area is 226 Å². The third-order valence-electron chi connectivity index (χ3n) is 8.46. The Morgan fingerprint density at radius 2 is 1.74 bits per heavy atom. The van der Waals surface area contributed by atoms with E-state index in [2.05, 4.69) is 4.98 Å². The van der Waals surface area contributed by atoms with Crippen molar-refractivity contribution in [3.8, 4) is 11.1 Å². The van der Waals surface area contributed by atoms with Gasteiger partial charge in [0, 0.05) is 48.9 Å². The Balaban J connectivity index is 1.21. The molecular weight excluding hydrogens is 497 g/mol. The Hall–Kier alpha value is -4.07. The lowest BCUT2D eigenvalue weighted by Crippen LogP contribution is -2.40. The number of carbonyl (C=O) groups excluding carboxylic acids is 3. The molecule has 1 saturated carbocycles. The first kappa shape index (κ1) is 25.2. The van der Waals surface area contributed by atoms with E-state index in [1.165, 1.54) is 6.07 Å². The Morgan fingerprint density at radius 1 is 1.00 bits per heavy atom. The summed E-state index contributed by atoms with van der Waals surface area (Å²) < 4.78 is 21.3. The van der Waals surface area contributed by atoms with E-state index in [1.54, 1.807) is 52.4 Å². The molecule has 1 saturated heterocycles. The van der Waals surface area contributed by atoms with Crippen molar-refractivity contribution in [2.75, 3.05) is 26.2 Å². The van der Waals surface area contributed by atoms with Gasteiger partial charge in [0.05, 0.1) is 17.5 Å². The van der Waals surface area contributed by atoms with Crippen molar-refractivity contribution >= 4 is 17.8 Å². The molecule has 0 bridgehead atoms. The minimum absolute atomic E-state index is 0.118. The maximum atomic E-state index is 15.5. The van der Waals surface area contributed by atoms with Gasteiger partial charge in [0.2, 0.25) is 5.91 Å². The first-order valence-electron chi connectivity index (χ1n) is 13.5. The topological polar surface area (TPSA) is 79.8 Å². The van der Waals surface area contributed by atoms with E-state index in [9.17, 15) is 14.4 Å². The lowest BCUT2D eigenvalue weighted by atomic mass is 9.90. The number of hydrogen-bond donors (Lipinski definition) is 0. The van der Waals surface area contributed by atoms with E-state index in [0.717, 1.165) is 5.56 Å². The van der Waals surface area contributed by atoms with Crippen LogP contribution in [-0.4, -0.2) is 58.7 Å². The number of amides is 2. The van der Waals surface area contributed by atoms with Gasteiger partial charge in [-0.3, -0.25) is 14.6 Å². The Kier molecular flexibility index (Phi) is 6.01. The van der Waals surface area contributed by atoms with Crippen LogP contribution in [0.5, 0.6) is 0 Å². The molecule has 0 N–H and O–H groups in total. The minimum atomic E-state index is -0.894. The van der Waals surface area contributed by atoms with Crippen molar-refractivity contribution in [1.29, 1.82) is 0 Å². The molecule has 3 aliphatic rings. The molecule has 2 aromatic carbocycles. The second-order valence-electron chi connectivity index (χ2n) is 10.6. The summed E-state index contributed by atoms with van der Waals surface area (Å²) in [5.41, 5.74) is 1.71. The summed E-state index contributed by atoms with van der Waals surface area (Å²) in [4.78, 5) is 46.5. The minimum Gasteiger partial charge on any atom is -0.449 e. The van der Waals surface area contributed by atoms with Crippen LogP contribution in [0.3, 0.4) is 0 Å². The average molecular weight is 528 g/mol. The summed E-state index contributed by atoms with van der Waals surface area (Å²) in [6.45, 7) is 5.77. The molecule has 39 heavy (non-hydrogen) atoms. The third-order valence-corrected chi connectivity index (χ3v) is 8.46. The second-order valence-corrected chi connectivity index (χ2v) is 10.6. The zero-order chi connectivity index (χ0) is 27.4. The Morgan fingerprint density at radius 3 is 2.41 bits per heavy atom. The lowest BCUT2D eigenvalue weighted by Gasteiger charge is -2.27. The maximum Gasteiger partial charge on any atom is 0.339 e. The zero-order valence-corrected chi connectivity index (χ0v) is 22.1. The van der Waals surface area contributed by atoms with Gasteiger partial charge in [-0.05, 0) is 50.5 Å². The van der Waals surface area contributed by atoms with Crippen molar-refractivity contribution in [2.45, 2.75) is 44.1 Å². The number of fused-ring (bicyclic) bond motifs is 2. The number of halogens is 1. The highest BCUT2D eigenvalue weighted by atomic mass is 19.1. The van der Waals surface area contributed by atoms with Gasteiger partial charge >= 0.3 is 5.97 Å². The van der Waals surface area contributed by atoms with Gasteiger partial charge in [-0.2, -0.15) is 0 Å². The molecular formula is C31H30FN3O4. The van der Waals surface area contributed by atoms with Crippen molar-refractivity contribution < 1.29 is 23.5 Å². The number of nitrogens with zero attached hydrogens (tertiary/aromatic N) is 3. The third kappa shape index (κ3) is 4.01. The maximum absolute atomic E-state index is 15.5. The largest absolute Gasteiger partial charge is 0.449 e. The SMILES string of the molecule is CCN(CC)C(=O)c1ccc(-c2ccc(C3(C(=O)N4CC[C@@]5(C4)OC(=O)c4ccccc45)CC3)c(F)c2)cn1. The quantitative estimate of drug-likeness (QED) is 0.434. The standard InChI is InChI=1S/C31H30FN3O4/c1-3-34(4-2)27(36)26-12-10-21(18-33-26)20-9-11-24(25(32)17-20)30(13-14-30)29(38)35-16-15-31(19-35)23-8-6-5-7-22(23)28(37)39-31/h5-12,17-18H,3-4,13-16,19H2,1-2H3/t31-/m0/s1. The predicted octanol–water partition coefficient (Wildman–Crippen LogP) is 4.70. The highest BCUT2D eigenvalue weighted by Crippen LogP contribution is 2.53. The molecule has 7 nitrogen and oxygen atoms in total. The van der Waals surface area contributed by atoms with Crippen LogP contribution in [0, 0.1) is 5.82 Å². The van der Waals surface area contributed by atoms with Crippen LogP contribution in [0.1, 0.15) is 65.1 Å². The van der Waals surface area contributed by atoms with Crippen molar-refractivity contribution in [2.24, 2.45) is 0 Å². The number of aromatic nitrogens is 1. The van der Waals surface area contributed by atoms with Gasteiger partial charge < -0.3 is 14.5 Å². The van der Waals surface area contributed by atoms with E-state index in [-0.39, 0.29) is 24.3 Å². The normalized spacial score (nSPS) is 20.6. The van der Waals surface area contributed by atoms with Crippen LogP contribution >= 0.6 is 0 Å². The van der Waals surface area contributed by atoms with E-state index >= 15 is 4.39 Å². The van der Waals surface area contributed by atoms with E-state index in [1.807, 2.05) is 26.0 Å². The first-order valence-corrected chi connectivity index (χ1v) is 13.5. The number of rotatable bonds is 6. The molecule has 2 aliphatic heterocycles. The van der Waals surface area contributed by atoms with Crippen LogP contribution in [-0.2, 0) is 20.5 Å². The van der Waals surface area contributed by atoms with Crippen LogP contribution < -0.4 is 0 Å². The van der Waals surface area contributed by atoms with Gasteiger partial charge in [0.15, 0.2) is 5.60 Å². The number of carbonyl (C=O) groups is 3. The van der Waals surface area contributed by atoms with Crippen LogP contribution in [0.4, 0.5) is 4.39 Å². The molecule has 1 atom stereocenters. The monoisotopic (exact) mass is 527 g/mol. The molecule has 1 aromatic heterocycles. The van der Waals surface area contributed by atoms with Gasteiger partial charge in [0.1, 0.15) is 11.5 Å². The lowest BCUT2D eigenvalue weighted by molar-refractivity contribution is -0.134. The van der Waals surface area contributed by atoms with Crippen molar-refractivity contribution in [3.63, 3.8) is 0 Å². The molecule has 3 heterocycles. The molecule has 0 unspecified atom stereocenters. The van der Waals surface area contributed by atoms with Gasteiger partial charge in [-0.1, -0.05) is 36.4 Å². The number of likely N-dealkylation sites (tertiary alicyclic amines) is 1. The highest BCUT2D eigenvalue weighted by Gasteiger charge is 2.58. The fourth-order valence-corrected chi connectivity index (χ4v) is 6.08. The molecule has 3 aromatic rings.